The standard InChI is InChI=1S/C13H24N4O4S2.C2HF3O2/c1-3-22(18,19)8-7-16-10-12-5-6-14-17(12)13(11-16)9-15-23(20,21)4-2;3-2(4,5)1(6)7/h5-6,13,15H,3-4,7-11H2,1-2H3;(H,6,7). The number of fused-ring (bicyclic) bond motifs is 1. The topological polar surface area (TPSA) is 139 Å². The second-order valence-electron chi connectivity index (χ2n) is 6.45. The SMILES string of the molecule is CCS(=O)(=O)CCN1Cc2ccnn2C(CNS(=O)(=O)CC)C1.O=C(O)C(F)(F)F. The fourth-order valence-electron chi connectivity index (χ4n) is 2.52. The Kier molecular flexibility index (Phi) is 9.25. The van der Waals surface area contributed by atoms with E-state index < -0.39 is 32.0 Å². The van der Waals surface area contributed by atoms with Crippen molar-refractivity contribution in [2.45, 2.75) is 32.6 Å². The minimum Gasteiger partial charge on any atom is -0.475 e. The lowest BCUT2D eigenvalue weighted by Gasteiger charge is -2.33. The van der Waals surface area contributed by atoms with Crippen LogP contribution in [0.25, 0.3) is 0 Å². The third kappa shape index (κ3) is 8.57. The number of carbonyl (C=O) groups is 1. The molecule has 2 heterocycles. The zero-order valence-electron chi connectivity index (χ0n) is 16.5. The molecule has 1 unspecified atom stereocenters. The zero-order chi connectivity index (χ0) is 23.2. The van der Waals surface area contributed by atoms with Crippen molar-refractivity contribution >= 4 is 25.8 Å². The molecule has 1 aliphatic heterocycles. The number of halogens is 3. The first-order valence-corrected chi connectivity index (χ1v) is 12.4. The van der Waals surface area contributed by atoms with Crippen LogP contribution in [0.1, 0.15) is 25.6 Å². The van der Waals surface area contributed by atoms with E-state index in [1.165, 1.54) is 0 Å². The van der Waals surface area contributed by atoms with E-state index in [1.54, 1.807) is 20.0 Å². The van der Waals surface area contributed by atoms with E-state index in [0.29, 0.717) is 19.6 Å². The number of rotatable bonds is 8. The first-order chi connectivity index (χ1) is 13.7. The fourth-order valence-corrected chi connectivity index (χ4v) is 4.00. The van der Waals surface area contributed by atoms with Gasteiger partial charge >= 0.3 is 12.1 Å². The lowest BCUT2D eigenvalue weighted by atomic mass is 10.2. The van der Waals surface area contributed by atoms with Crippen molar-refractivity contribution in [3.05, 3.63) is 18.0 Å². The first kappa shape index (κ1) is 26.3. The van der Waals surface area contributed by atoms with Crippen LogP contribution in [0.2, 0.25) is 0 Å². The van der Waals surface area contributed by atoms with Crippen molar-refractivity contribution in [3.8, 4) is 0 Å². The number of aliphatic carboxylic acids is 1. The third-order valence-electron chi connectivity index (χ3n) is 4.27. The Morgan fingerprint density at radius 1 is 1.27 bits per heavy atom. The van der Waals surface area contributed by atoms with Crippen molar-refractivity contribution in [2.24, 2.45) is 0 Å². The Labute approximate surface area is 173 Å². The molecule has 0 aromatic carbocycles. The molecule has 0 fully saturated rings. The number of hydrogen-bond acceptors (Lipinski definition) is 7. The number of alkyl halides is 3. The molecule has 1 aromatic rings. The molecule has 0 bridgehead atoms. The quantitative estimate of drug-likeness (QED) is 0.542. The lowest BCUT2D eigenvalue weighted by Crippen LogP contribution is -2.44. The molecule has 1 atom stereocenters. The van der Waals surface area contributed by atoms with Gasteiger partial charge in [0.2, 0.25) is 10.0 Å². The molecule has 0 saturated carbocycles. The van der Waals surface area contributed by atoms with Crippen LogP contribution in [-0.4, -0.2) is 85.7 Å². The Hall–Kier alpha value is -1.71. The van der Waals surface area contributed by atoms with Gasteiger partial charge in [0.1, 0.15) is 0 Å². The summed E-state index contributed by atoms with van der Waals surface area (Å²) in [6, 6.07) is 1.74. The minimum atomic E-state index is -5.08. The predicted molar refractivity (Wildman–Crippen MR) is 102 cm³/mol. The number of sulfonamides is 1. The van der Waals surface area contributed by atoms with Crippen molar-refractivity contribution in [3.63, 3.8) is 0 Å². The van der Waals surface area contributed by atoms with Gasteiger partial charge < -0.3 is 5.11 Å². The van der Waals surface area contributed by atoms with Gasteiger partial charge in [0.15, 0.2) is 9.84 Å². The Morgan fingerprint density at radius 3 is 2.37 bits per heavy atom. The van der Waals surface area contributed by atoms with Crippen molar-refractivity contribution in [2.75, 3.05) is 36.9 Å². The van der Waals surface area contributed by atoms with Gasteiger partial charge in [0.05, 0.1) is 23.2 Å². The molecule has 174 valence electrons. The van der Waals surface area contributed by atoms with Crippen LogP contribution in [0, 0.1) is 0 Å². The summed E-state index contributed by atoms with van der Waals surface area (Å²) in [5, 5.41) is 11.4. The van der Waals surface area contributed by atoms with Crippen molar-refractivity contribution < 1.29 is 39.9 Å². The summed E-state index contributed by atoms with van der Waals surface area (Å²) in [7, 11) is -6.28. The molecular weight excluding hydrogens is 453 g/mol. The third-order valence-corrected chi connectivity index (χ3v) is 7.32. The Morgan fingerprint density at radius 2 is 1.87 bits per heavy atom. The molecule has 15 heteroatoms. The predicted octanol–water partition coefficient (Wildman–Crippen LogP) is 0.247. The summed E-state index contributed by atoms with van der Waals surface area (Å²) in [6.07, 6.45) is -3.40. The maximum atomic E-state index is 11.7. The summed E-state index contributed by atoms with van der Waals surface area (Å²) >= 11 is 0. The number of hydrogen-bond donors (Lipinski definition) is 2. The summed E-state index contributed by atoms with van der Waals surface area (Å²) in [5.74, 6) is -2.47. The van der Waals surface area contributed by atoms with E-state index in [2.05, 4.69) is 9.82 Å². The number of aromatic nitrogens is 2. The average Bonchev–Trinajstić information content (AvgIpc) is 3.13. The van der Waals surface area contributed by atoms with Crippen LogP contribution in [0.4, 0.5) is 13.2 Å². The molecule has 0 spiro atoms. The van der Waals surface area contributed by atoms with Gasteiger partial charge in [0, 0.05) is 38.1 Å². The highest BCUT2D eigenvalue weighted by molar-refractivity contribution is 7.91. The van der Waals surface area contributed by atoms with E-state index in [1.807, 2.05) is 15.6 Å². The van der Waals surface area contributed by atoms with Gasteiger partial charge in [-0.15, -0.1) is 0 Å². The van der Waals surface area contributed by atoms with Crippen LogP contribution in [0.3, 0.4) is 0 Å². The average molecular weight is 479 g/mol. The molecule has 2 rings (SSSR count). The first-order valence-electron chi connectivity index (χ1n) is 8.93. The van der Waals surface area contributed by atoms with Crippen LogP contribution < -0.4 is 4.72 Å². The van der Waals surface area contributed by atoms with Gasteiger partial charge in [-0.1, -0.05) is 6.92 Å². The molecule has 1 aromatic heterocycles. The Balaban J connectivity index is 0.000000553. The molecule has 0 aliphatic carbocycles. The largest absolute Gasteiger partial charge is 0.490 e. The minimum absolute atomic E-state index is 0.0319. The second-order valence-corrected chi connectivity index (χ2v) is 11.0. The van der Waals surface area contributed by atoms with E-state index >= 15 is 0 Å². The monoisotopic (exact) mass is 478 g/mol. The van der Waals surface area contributed by atoms with Crippen molar-refractivity contribution in [1.29, 1.82) is 0 Å². The smallest absolute Gasteiger partial charge is 0.475 e. The highest BCUT2D eigenvalue weighted by Gasteiger charge is 2.38. The number of nitrogens with one attached hydrogen (secondary N) is 1. The normalized spacial score (nSPS) is 17.7. The van der Waals surface area contributed by atoms with Gasteiger partial charge in [0.25, 0.3) is 0 Å². The van der Waals surface area contributed by atoms with E-state index in [-0.39, 0.29) is 29.8 Å². The van der Waals surface area contributed by atoms with E-state index in [9.17, 15) is 30.0 Å². The summed E-state index contributed by atoms with van der Waals surface area (Å²) < 4.78 is 82.8. The highest BCUT2D eigenvalue weighted by Crippen LogP contribution is 2.20. The van der Waals surface area contributed by atoms with Gasteiger partial charge in [-0.2, -0.15) is 18.3 Å². The van der Waals surface area contributed by atoms with Crippen LogP contribution >= 0.6 is 0 Å². The van der Waals surface area contributed by atoms with Crippen LogP contribution in [0.5, 0.6) is 0 Å². The summed E-state index contributed by atoms with van der Waals surface area (Å²) in [4.78, 5) is 10.9. The fraction of sp³-hybridized carbons (Fsp3) is 0.733. The van der Waals surface area contributed by atoms with Crippen molar-refractivity contribution in [1.82, 2.24) is 19.4 Å². The van der Waals surface area contributed by atoms with E-state index in [0.717, 1.165) is 5.69 Å². The number of carboxylic acids is 1. The van der Waals surface area contributed by atoms with E-state index in [4.69, 9.17) is 9.90 Å². The molecule has 30 heavy (non-hydrogen) atoms. The van der Waals surface area contributed by atoms with Gasteiger partial charge in [-0.3, -0.25) is 9.58 Å². The molecule has 0 saturated heterocycles. The summed E-state index contributed by atoms with van der Waals surface area (Å²) in [5.41, 5.74) is 0.964. The van der Waals surface area contributed by atoms with Crippen LogP contribution in [0.15, 0.2) is 12.3 Å². The molecule has 10 nitrogen and oxygen atoms in total. The van der Waals surface area contributed by atoms with Gasteiger partial charge in [-0.05, 0) is 13.0 Å². The second kappa shape index (κ2) is 10.5. The molecule has 1 aliphatic rings. The lowest BCUT2D eigenvalue weighted by molar-refractivity contribution is -0.192. The maximum Gasteiger partial charge on any atom is 0.490 e. The molecule has 2 N–H and O–H groups in total. The number of carboxylic acid groups (broad SMARTS) is 1. The summed E-state index contributed by atoms with van der Waals surface area (Å²) in [6.45, 7) is 5.12. The Bertz CT molecular complexity index is 915. The van der Waals surface area contributed by atoms with Gasteiger partial charge in [-0.25, -0.2) is 26.4 Å². The highest BCUT2D eigenvalue weighted by atomic mass is 32.2. The molecule has 0 amide bonds. The molecule has 0 radical (unpaired) electrons. The zero-order valence-corrected chi connectivity index (χ0v) is 18.1. The molecular formula is C15H25F3N4O6S2. The number of nitrogens with zero attached hydrogens (tertiary/aromatic N) is 3. The van der Waals surface area contributed by atoms with Crippen LogP contribution in [-0.2, 0) is 31.2 Å². The number of sulfone groups is 1. The maximum absolute atomic E-state index is 11.7.